The Labute approximate surface area is 249 Å². The number of aromatic amines is 1. The predicted octanol–water partition coefficient (Wildman–Crippen LogP) is 11.4. The Morgan fingerprint density at radius 1 is 0.442 bits per heavy atom. The standard InChI is InChI=1S/C40H26N2O/c1-2-10-31-26(8-1)9-7-12-32(31)27-16-20-30(21-17-27)42-37-14-5-6-15-39(37)43-40-25-29(19-23-38(40)42)28-18-22-36-34(24-28)33-11-3-4-13-35(33)41-36/h1-25,41H. The minimum atomic E-state index is 0.841. The number of aromatic nitrogens is 1. The number of nitrogens with one attached hydrogen (secondary N) is 1. The minimum absolute atomic E-state index is 0.841. The second kappa shape index (κ2) is 9.37. The average molecular weight is 551 g/mol. The fraction of sp³-hybridized carbons (Fsp3) is 0. The first-order chi connectivity index (χ1) is 21.3. The molecule has 9 rings (SSSR count). The lowest BCUT2D eigenvalue weighted by atomic mass is 9.98. The van der Waals surface area contributed by atoms with Gasteiger partial charge in [0.15, 0.2) is 11.5 Å². The normalized spacial score (nSPS) is 12.3. The van der Waals surface area contributed by atoms with Crippen LogP contribution in [-0.4, -0.2) is 4.98 Å². The van der Waals surface area contributed by atoms with Gasteiger partial charge in [0.05, 0.1) is 11.4 Å². The zero-order valence-electron chi connectivity index (χ0n) is 23.3. The Morgan fingerprint density at radius 3 is 2.05 bits per heavy atom. The van der Waals surface area contributed by atoms with Crippen molar-refractivity contribution < 1.29 is 4.74 Å². The highest BCUT2D eigenvalue weighted by atomic mass is 16.5. The van der Waals surface area contributed by atoms with Crippen LogP contribution in [0, 0.1) is 0 Å². The molecule has 3 nitrogen and oxygen atoms in total. The smallest absolute Gasteiger partial charge is 0.152 e. The Balaban J connectivity index is 1.14. The van der Waals surface area contributed by atoms with E-state index in [1.165, 1.54) is 32.7 Å². The fourth-order valence-corrected chi connectivity index (χ4v) is 6.51. The molecular formula is C40H26N2O. The highest BCUT2D eigenvalue weighted by molar-refractivity contribution is 6.08. The van der Waals surface area contributed by atoms with Crippen LogP contribution in [0.3, 0.4) is 0 Å². The summed E-state index contributed by atoms with van der Waals surface area (Å²) in [6, 6.07) is 53.8. The van der Waals surface area contributed by atoms with Gasteiger partial charge in [-0.25, -0.2) is 0 Å². The van der Waals surface area contributed by atoms with Gasteiger partial charge in [-0.1, -0.05) is 97.1 Å². The summed E-state index contributed by atoms with van der Waals surface area (Å²) in [5.74, 6) is 1.69. The van der Waals surface area contributed by atoms with Gasteiger partial charge in [0.2, 0.25) is 0 Å². The van der Waals surface area contributed by atoms with Crippen molar-refractivity contribution in [3.05, 3.63) is 152 Å². The molecule has 1 N–H and O–H groups in total. The molecule has 0 saturated carbocycles. The summed E-state index contributed by atoms with van der Waals surface area (Å²) >= 11 is 0. The molecule has 7 aromatic carbocycles. The molecule has 43 heavy (non-hydrogen) atoms. The first-order valence-electron chi connectivity index (χ1n) is 14.6. The number of H-pyrrole nitrogens is 1. The molecule has 0 unspecified atom stereocenters. The SMILES string of the molecule is c1ccc2c(c1)Oc1cc(-c3ccc4[nH]c5ccccc5c4c3)ccc1N2c1ccc(-c2cccc3ccccc23)cc1. The van der Waals surface area contributed by atoms with Crippen LogP contribution in [0.1, 0.15) is 0 Å². The third-order valence-electron chi connectivity index (χ3n) is 8.59. The maximum atomic E-state index is 6.53. The van der Waals surface area contributed by atoms with Crippen molar-refractivity contribution in [3.8, 4) is 33.8 Å². The molecule has 8 aromatic rings. The lowest BCUT2D eigenvalue weighted by Gasteiger charge is -2.33. The number of benzene rings is 7. The molecule has 1 aliphatic heterocycles. The maximum Gasteiger partial charge on any atom is 0.152 e. The molecular weight excluding hydrogens is 524 g/mol. The maximum absolute atomic E-state index is 6.53. The molecule has 0 amide bonds. The van der Waals surface area contributed by atoms with Crippen molar-refractivity contribution in [1.82, 2.24) is 4.98 Å². The number of rotatable bonds is 3. The van der Waals surface area contributed by atoms with E-state index in [4.69, 9.17) is 4.74 Å². The molecule has 0 aliphatic carbocycles. The highest BCUT2D eigenvalue weighted by Crippen LogP contribution is 2.51. The fourth-order valence-electron chi connectivity index (χ4n) is 6.51. The lowest BCUT2D eigenvalue weighted by Crippen LogP contribution is -2.15. The van der Waals surface area contributed by atoms with E-state index in [1.807, 2.05) is 12.1 Å². The zero-order valence-corrected chi connectivity index (χ0v) is 23.3. The van der Waals surface area contributed by atoms with E-state index in [2.05, 4.69) is 149 Å². The van der Waals surface area contributed by atoms with Crippen molar-refractivity contribution in [2.45, 2.75) is 0 Å². The Bertz CT molecular complexity index is 2330. The summed E-state index contributed by atoms with van der Waals surface area (Å²) in [4.78, 5) is 5.83. The minimum Gasteiger partial charge on any atom is -0.453 e. The molecule has 0 bridgehead atoms. The molecule has 0 radical (unpaired) electrons. The summed E-state index contributed by atoms with van der Waals surface area (Å²) in [5.41, 5.74) is 10.2. The van der Waals surface area contributed by atoms with Crippen LogP contribution in [0.25, 0.3) is 54.8 Å². The van der Waals surface area contributed by atoms with E-state index in [1.54, 1.807) is 0 Å². The number of para-hydroxylation sites is 3. The predicted molar refractivity (Wildman–Crippen MR) is 179 cm³/mol. The Kier molecular flexibility index (Phi) is 5.20. The van der Waals surface area contributed by atoms with Gasteiger partial charge in [-0.05, 0) is 87.6 Å². The van der Waals surface area contributed by atoms with Gasteiger partial charge >= 0.3 is 0 Å². The number of hydrogen-bond donors (Lipinski definition) is 1. The Morgan fingerprint density at radius 2 is 1.12 bits per heavy atom. The molecule has 0 saturated heterocycles. The second-order valence-corrected chi connectivity index (χ2v) is 11.1. The molecule has 3 heteroatoms. The second-order valence-electron chi connectivity index (χ2n) is 11.1. The third-order valence-corrected chi connectivity index (χ3v) is 8.59. The summed E-state index contributed by atoms with van der Waals surface area (Å²) in [5, 5.41) is 4.98. The van der Waals surface area contributed by atoms with E-state index in [0.717, 1.165) is 50.7 Å². The first kappa shape index (κ1) is 23.9. The molecule has 0 fully saturated rings. The lowest BCUT2D eigenvalue weighted by molar-refractivity contribution is 0.477. The molecule has 1 aromatic heterocycles. The summed E-state index contributed by atoms with van der Waals surface area (Å²) in [6.07, 6.45) is 0. The van der Waals surface area contributed by atoms with E-state index >= 15 is 0 Å². The van der Waals surface area contributed by atoms with Crippen molar-refractivity contribution in [1.29, 1.82) is 0 Å². The molecule has 2 heterocycles. The number of ether oxygens (including phenoxy) is 1. The van der Waals surface area contributed by atoms with E-state index in [0.29, 0.717) is 0 Å². The van der Waals surface area contributed by atoms with Crippen molar-refractivity contribution in [2.24, 2.45) is 0 Å². The van der Waals surface area contributed by atoms with Gasteiger partial charge in [0.25, 0.3) is 0 Å². The van der Waals surface area contributed by atoms with Gasteiger partial charge in [0, 0.05) is 27.5 Å². The molecule has 0 spiro atoms. The van der Waals surface area contributed by atoms with Crippen LogP contribution < -0.4 is 9.64 Å². The summed E-state index contributed by atoms with van der Waals surface area (Å²) in [6.45, 7) is 0. The van der Waals surface area contributed by atoms with Gasteiger partial charge in [-0.3, -0.25) is 0 Å². The van der Waals surface area contributed by atoms with Crippen LogP contribution in [-0.2, 0) is 0 Å². The monoisotopic (exact) mass is 550 g/mol. The Hall–Kier alpha value is -5.80. The topological polar surface area (TPSA) is 28.3 Å². The van der Waals surface area contributed by atoms with Crippen LogP contribution in [0.15, 0.2) is 152 Å². The number of fused-ring (bicyclic) bond motifs is 6. The zero-order chi connectivity index (χ0) is 28.3. The van der Waals surface area contributed by atoms with Crippen LogP contribution in [0.4, 0.5) is 17.1 Å². The van der Waals surface area contributed by atoms with Crippen LogP contribution in [0.5, 0.6) is 11.5 Å². The van der Waals surface area contributed by atoms with Gasteiger partial charge < -0.3 is 14.6 Å². The number of hydrogen-bond acceptors (Lipinski definition) is 2. The molecule has 202 valence electrons. The van der Waals surface area contributed by atoms with Crippen LogP contribution in [0.2, 0.25) is 0 Å². The third kappa shape index (κ3) is 3.83. The first-order valence-corrected chi connectivity index (χ1v) is 14.6. The number of nitrogens with zero attached hydrogens (tertiary/aromatic N) is 1. The van der Waals surface area contributed by atoms with Crippen LogP contribution >= 0.6 is 0 Å². The summed E-state index contributed by atoms with van der Waals surface area (Å²) < 4.78 is 6.53. The van der Waals surface area contributed by atoms with Crippen molar-refractivity contribution >= 4 is 49.6 Å². The molecule has 0 atom stereocenters. The van der Waals surface area contributed by atoms with Gasteiger partial charge in [-0.2, -0.15) is 0 Å². The van der Waals surface area contributed by atoms with Gasteiger partial charge in [0.1, 0.15) is 0 Å². The highest BCUT2D eigenvalue weighted by Gasteiger charge is 2.26. The molecule has 1 aliphatic rings. The quantitative estimate of drug-likeness (QED) is 0.237. The van der Waals surface area contributed by atoms with Crippen molar-refractivity contribution in [3.63, 3.8) is 0 Å². The van der Waals surface area contributed by atoms with Gasteiger partial charge in [-0.15, -0.1) is 0 Å². The van der Waals surface area contributed by atoms with E-state index < -0.39 is 0 Å². The van der Waals surface area contributed by atoms with E-state index in [9.17, 15) is 0 Å². The summed E-state index contributed by atoms with van der Waals surface area (Å²) in [7, 11) is 0. The number of anilines is 3. The largest absolute Gasteiger partial charge is 0.453 e. The van der Waals surface area contributed by atoms with Crippen molar-refractivity contribution in [2.75, 3.05) is 4.90 Å². The van der Waals surface area contributed by atoms with E-state index in [-0.39, 0.29) is 0 Å². The average Bonchev–Trinajstić information content (AvgIpc) is 3.45.